The SMILES string of the molecule is C1=CC2=c3ccc4c(c3C=C[C@@]23OC3=C1)C=CC=4. The number of ether oxygens (including phenoxy) is 1. The highest BCUT2D eigenvalue weighted by molar-refractivity contribution is 5.87. The van der Waals surface area contributed by atoms with E-state index >= 15 is 0 Å². The number of hydrogen-bond donors (Lipinski definition) is 0. The summed E-state index contributed by atoms with van der Waals surface area (Å²) >= 11 is 0. The van der Waals surface area contributed by atoms with Gasteiger partial charge < -0.3 is 4.74 Å². The van der Waals surface area contributed by atoms with E-state index < -0.39 is 0 Å². The molecule has 4 aliphatic rings. The minimum absolute atomic E-state index is 0.234. The molecule has 5 rings (SSSR count). The molecule has 1 heterocycles. The van der Waals surface area contributed by atoms with Crippen LogP contribution < -0.4 is 10.4 Å². The van der Waals surface area contributed by atoms with Crippen LogP contribution in [0.5, 0.6) is 0 Å². The molecule has 18 heavy (non-hydrogen) atoms. The number of epoxide rings is 1. The van der Waals surface area contributed by atoms with Gasteiger partial charge in [0.1, 0.15) is 0 Å². The molecule has 84 valence electrons. The van der Waals surface area contributed by atoms with Crippen LogP contribution in [-0.2, 0) is 4.74 Å². The van der Waals surface area contributed by atoms with Crippen molar-refractivity contribution in [2.45, 2.75) is 5.60 Å². The second kappa shape index (κ2) is 2.59. The fourth-order valence-electron chi connectivity index (χ4n) is 3.19. The second-order valence-corrected chi connectivity index (χ2v) is 5.03. The molecule has 1 spiro atoms. The third-order valence-corrected chi connectivity index (χ3v) is 4.14. The third-order valence-electron chi connectivity index (χ3n) is 4.14. The van der Waals surface area contributed by atoms with Crippen LogP contribution in [0.25, 0.3) is 23.8 Å². The summed E-state index contributed by atoms with van der Waals surface area (Å²) in [5.74, 6) is 1.07. The quantitative estimate of drug-likeness (QED) is 0.620. The number of benzene rings is 1. The van der Waals surface area contributed by atoms with Gasteiger partial charge in [-0.25, -0.2) is 0 Å². The van der Waals surface area contributed by atoms with Crippen molar-refractivity contribution in [3.63, 3.8) is 0 Å². The van der Waals surface area contributed by atoms with Gasteiger partial charge in [-0.3, -0.25) is 0 Å². The van der Waals surface area contributed by atoms with Gasteiger partial charge in [0.15, 0.2) is 5.76 Å². The van der Waals surface area contributed by atoms with Gasteiger partial charge in [0, 0.05) is 5.57 Å². The Morgan fingerprint density at radius 3 is 2.83 bits per heavy atom. The summed E-state index contributed by atoms with van der Waals surface area (Å²) in [7, 11) is 0. The molecule has 0 amide bonds. The first-order chi connectivity index (χ1) is 8.88. The summed E-state index contributed by atoms with van der Waals surface area (Å²) in [4.78, 5) is 0. The van der Waals surface area contributed by atoms with Gasteiger partial charge in [0.2, 0.25) is 5.60 Å². The van der Waals surface area contributed by atoms with Crippen LogP contribution >= 0.6 is 0 Å². The lowest BCUT2D eigenvalue weighted by Crippen LogP contribution is -2.27. The minimum atomic E-state index is -0.234. The van der Waals surface area contributed by atoms with E-state index in [-0.39, 0.29) is 5.60 Å². The highest BCUT2D eigenvalue weighted by atomic mass is 16.6. The van der Waals surface area contributed by atoms with Crippen LogP contribution in [0.1, 0.15) is 11.1 Å². The number of allylic oxidation sites excluding steroid dienone is 3. The summed E-state index contributed by atoms with van der Waals surface area (Å²) < 4.78 is 5.79. The first-order valence-corrected chi connectivity index (χ1v) is 6.22. The number of rotatable bonds is 0. The fourth-order valence-corrected chi connectivity index (χ4v) is 3.19. The van der Waals surface area contributed by atoms with E-state index in [1.54, 1.807) is 0 Å². The molecule has 0 bridgehead atoms. The molecule has 1 saturated heterocycles. The van der Waals surface area contributed by atoms with Gasteiger partial charge in [-0.1, -0.05) is 48.6 Å². The zero-order valence-electron chi connectivity index (χ0n) is 9.68. The van der Waals surface area contributed by atoms with Gasteiger partial charge in [-0.05, 0) is 33.7 Å². The van der Waals surface area contributed by atoms with E-state index in [9.17, 15) is 0 Å². The Labute approximate surface area is 104 Å². The number of fused-ring (bicyclic) bond motifs is 3. The van der Waals surface area contributed by atoms with E-state index in [1.165, 1.54) is 27.1 Å². The maximum absolute atomic E-state index is 5.79. The largest absolute Gasteiger partial charge is 0.470 e. The Hall–Kier alpha value is -2.28. The lowest BCUT2D eigenvalue weighted by atomic mass is 9.84. The van der Waals surface area contributed by atoms with Crippen molar-refractivity contribution in [2.24, 2.45) is 0 Å². The molecule has 1 aliphatic heterocycles. The molecule has 0 unspecified atom stereocenters. The van der Waals surface area contributed by atoms with E-state index in [0.29, 0.717) is 0 Å². The van der Waals surface area contributed by atoms with E-state index in [2.05, 4.69) is 60.7 Å². The first kappa shape index (κ1) is 8.76. The number of hydrogen-bond acceptors (Lipinski definition) is 1. The molecule has 1 heteroatoms. The van der Waals surface area contributed by atoms with Gasteiger partial charge in [-0.2, -0.15) is 0 Å². The minimum Gasteiger partial charge on any atom is -0.470 e. The van der Waals surface area contributed by atoms with E-state index in [0.717, 1.165) is 5.76 Å². The predicted octanol–water partition coefficient (Wildman–Crippen LogP) is 1.89. The maximum atomic E-state index is 5.79. The first-order valence-electron chi connectivity index (χ1n) is 6.22. The monoisotopic (exact) mass is 230 g/mol. The molecule has 3 aliphatic carbocycles. The molecule has 1 fully saturated rings. The normalized spacial score (nSPS) is 27.6. The molecule has 1 aromatic carbocycles. The van der Waals surface area contributed by atoms with Gasteiger partial charge in [0.25, 0.3) is 0 Å². The molecule has 0 saturated carbocycles. The molecule has 0 radical (unpaired) electrons. The summed E-state index contributed by atoms with van der Waals surface area (Å²) in [5, 5.41) is 2.61. The van der Waals surface area contributed by atoms with Crippen molar-refractivity contribution in [3.05, 3.63) is 69.8 Å². The Kier molecular flexibility index (Phi) is 1.26. The Morgan fingerprint density at radius 1 is 0.889 bits per heavy atom. The van der Waals surface area contributed by atoms with Crippen molar-refractivity contribution in [1.29, 1.82) is 0 Å². The highest BCUT2D eigenvalue weighted by Crippen LogP contribution is 2.52. The van der Waals surface area contributed by atoms with Crippen LogP contribution in [-0.4, -0.2) is 5.60 Å². The molecular weight excluding hydrogens is 220 g/mol. The zero-order chi connectivity index (χ0) is 11.7. The zero-order valence-corrected chi connectivity index (χ0v) is 9.68. The fraction of sp³-hybridized carbons (Fsp3) is 0.0588. The van der Waals surface area contributed by atoms with Crippen molar-refractivity contribution >= 4 is 23.8 Å². The van der Waals surface area contributed by atoms with Crippen LogP contribution in [0.4, 0.5) is 0 Å². The molecule has 0 aromatic heterocycles. The van der Waals surface area contributed by atoms with Gasteiger partial charge in [-0.15, -0.1) is 0 Å². The molecule has 0 N–H and O–H groups in total. The Bertz CT molecular complexity index is 846. The third kappa shape index (κ3) is 0.830. The van der Waals surface area contributed by atoms with E-state index in [1.807, 2.05) is 0 Å². The Morgan fingerprint density at radius 2 is 1.83 bits per heavy atom. The molecule has 1 nitrogen and oxygen atoms in total. The highest BCUT2D eigenvalue weighted by Gasteiger charge is 2.55. The Balaban J connectivity index is 1.98. The topological polar surface area (TPSA) is 12.5 Å². The molecule has 1 aromatic rings. The van der Waals surface area contributed by atoms with Crippen molar-refractivity contribution < 1.29 is 4.74 Å². The summed E-state index contributed by atoms with van der Waals surface area (Å²) in [6.45, 7) is 0. The summed E-state index contributed by atoms with van der Waals surface area (Å²) in [6.07, 6.45) is 17.2. The average Bonchev–Trinajstić information content (AvgIpc) is 2.91. The van der Waals surface area contributed by atoms with Crippen LogP contribution in [0, 0.1) is 0 Å². The van der Waals surface area contributed by atoms with Crippen molar-refractivity contribution in [2.75, 3.05) is 0 Å². The predicted molar refractivity (Wildman–Crippen MR) is 72.7 cm³/mol. The smallest absolute Gasteiger partial charge is 0.209 e. The van der Waals surface area contributed by atoms with Crippen molar-refractivity contribution in [3.8, 4) is 0 Å². The second-order valence-electron chi connectivity index (χ2n) is 5.03. The summed E-state index contributed by atoms with van der Waals surface area (Å²) in [6, 6.07) is 4.41. The van der Waals surface area contributed by atoms with E-state index in [4.69, 9.17) is 4.74 Å². The molecule has 1 atom stereocenters. The van der Waals surface area contributed by atoms with Crippen LogP contribution in [0.3, 0.4) is 0 Å². The van der Waals surface area contributed by atoms with Crippen LogP contribution in [0.2, 0.25) is 0 Å². The van der Waals surface area contributed by atoms with Gasteiger partial charge in [0.05, 0.1) is 0 Å². The average molecular weight is 230 g/mol. The van der Waals surface area contributed by atoms with Crippen LogP contribution in [0.15, 0.2) is 48.3 Å². The van der Waals surface area contributed by atoms with Gasteiger partial charge >= 0.3 is 0 Å². The lowest BCUT2D eigenvalue weighted by molar-refractivity contribution is 0.418. The maximum Gasteiger partial charge on any atom is 0.209 e. The van der Waals surface area contributed by atoms with Crippen molar-refractivity contribution in [1.82, 2.24) is 0 Å². The molecular formula is C17H10O. The standard InChI is InChI=1S/C17H10O/c1-3-11-7-8-14-13(12(11)4-1)9-10-17-15(14)5-2-6-16(17)18-17/h1-10H/t17-/m1/s1. The lowest BCUT2D eigenvalue weighted by Gasteiger charge is -2.16. The summed E-state index contributed by atoms with van der Waals surface area (Å²) in [5.41, 5.74) is 3.69.